The summed E-state index contributed by atoms with van der Waals surface area (Å²) in [6.07, 6.45) is 0.938. The number of rotatable bonds is 9. The van der Waals surface area contributed by atoms with Crippen molar-refractivity contribution in [1.29, 1.82) is 0 Å². The van der Waals surface area contributed by atoms with E-state index in [-0.39, 0.29) is 12.1 Å². The highest BCUT2D eigenvalue weighted by atomic mass is 32.2. The lowest BCUT2D eigenvalue weighted by Gasteiger charge is -2.10. The molecule has 2 N–H and O–H groups in total. The zero-order valence-corrected chi connectivity index (χ0v) is 11.2. The van der Waals surface area contributed by atoms with E-state index in [4.69, 9.17) is 15.2 Å². The van der Waals surface area contributed by atoms with Crippen molar-refractivity contribution in [2.45, 2.75) is 39.3 Å². The minimum absolute atomic E-state index is 0.280. The van der Waals surface area contributed by atoms with Crippen LogP contribution in [0.3, 0.4) is 0 Å². The van der Waals surface area contributed by atoms with Gasteiger partial charge in [-0.2, -0.15) is 11.8 Å². The van der Waals surface area contributed by atoms with E-state index in [0.29, 0.717) is 13.0 Å². The lowest BCUT2D eigenvalue weighted by Crippen LogP contribution is -2.32. The van der Waals surface area contributed by atoms with Gasteiger partial charge in [0.1, 0.15) is 6.04 Å². The highest BCUT2D eigenvalue weighted by Gasteiger charge is 2.13. The Kier molecular flexibility index (Phi) is 9.77. The molecule has 0 saturated carbocycles. The smallest absolute Gasteiger partial charge is 0.322 e. The molecule has 0 aliphatic rings. The van der Waals surface area contributed by atoms with E-state index in [2.05, 4.69) is 0 Å². The molecule has 96 valence electrons. The third-order valence-corrected chi connectivity index (χ3v) is 2.82. The number of carbonyl (C=O) groups excluding carboxylic acids is 1. The quantitative estimate of drug-likeness (QED) is 0.495. The number of hydrogen-bond acceptors (Lipinski definition) is 5. The number of hydrogen-bond donors (Lipinski definition) is 1. The molecule has 0 aromatic heterocycles. The van der Waals surface area contributed by atoms with Crippen molar-refractivity contribution in [3.8, 4) is 0 Å². The highest BCUT2D eigenvalue weighted by Crippen LogP contribution is 2.05. The van der Waals surface area contributed by atoms with Crippen molar-refractivity contribution in [2.75, 3.05) is 24.7 Å². The summed E-state index contributed by atoms with van der Waals surface area (Å²) < 4.78 is 10.2. The van der Waals surface area contributed by atoms with E-state index < -0.39 is 6.04 Å². The number of esters is 1. The first-order valence-electron chi connectivity index (χ1n) is 5.69. The summed E-state index contributed by atoms with van der Waals surface area (Å²) in [6.45, 7) is 6.95. The molecule has 0 fully saturated rings. The Morgan fingerprint density at radius 1 is 1.38 bits per heavy atom. The lowest BCUT2D eigenvalue weighted by molar-refractivity contribution is -0.144. The van der Waals surface area contributed by atoms with Gasteiger partial charge in [0, 0.05) is 5.75 Å². The van der Waals surface area contributed by atoms with Crippen molar-refractivity contribution in [3.63, 3.8) is 0 Å². The Balaban J connectivity index is 3.34. The molecular formula is C11H23NO3S. The standard InChI is InChI=1S/C11H23NO3S/c1-4-14-11(13)10(12)5-7-16-8-6-15-9(2)3/h9-10H,4-8,12H2,1-3H3. The fourth-order valence-corrected chi connectivity index (χ4v) is 1.86. The Morgan fingerprint density at radius 3 is 2.62 bits per heavy atom. The van der Waals surface area contributed by atoms with Crippen LogP contribution in [0.1, 0.15) is 27.2 Å². The Hall–Kier alpha value is -0.260. The first kappa shape index (κ1) is 15.7. The fourth-order valence-electron chi connectivity index (χ4n) is 1.02. The first-order chi connectivity index (χ1) is 7.57. The minimum atomic E-state index is -0.488. The van der Waals surface area contributed by atoms with Crippen molar-refractivity contribution < 1.29 is 14.3 Å². The van der Waals surface area contributed by atoms with E-state index in [9.17, 15) is 4.79 Å². The molecule has 0 aliphatic carbocycles. The maximum absolute atomic E-state index is 11.2. The Morgan fingerprint density at radius 2 is 2.06 bits per heavy atom. The molecule has 0 aromatic carbocycles. The molecule has 0 spiro atoms. The third kappa shape index (κ3) is 9.00. The second-order valence-corrected chi connectivity index (χ2v) is 4.90. The maximum atomic E-state index is 11.2. The predicted molar refractivity (Wildman–Crippen MR) is 67.6 cm³/mol. The van der Waals surface area contributed by atoms with E-state index >= 15 is 0 Å². The molecule has 0 aliphatic heterocycles. The number of carbonyl (C=O) groups is 1. The van der Waals surface area contributed by atoms with Crippen molar-refractivity contribution in [1.82, 2.24) is 0 Å². The SMILES string of the molecule is CCOC(=O)C(N)CCSCCOC(C)C. The van der Waals surface area contributed by atoms with Crippen LogP contribution in [0.25, 0.3) is 0 Å². The molecule has 16 heavy (non-hydrogen) atoms. The number of ether oxygens (including phenoxy) is 2. The van der Waals surface area contributed by atoms with Gasteiger partial charge in [0.25, 0.3) is 0 Å². The summed E-state index contributed by atoms with van der Waals surface area (Å²) in [5.74, 6) is 1.50. The van der Waals surface area contributed by atoms with E-state index in [0.717, 1.165) is 18.1 Å². The van der Waals surface area contributed by atoms with Crippen LogP contribution < -0.4 is 5.73 Å². The van der Waals surface area contributed by atoms with Gasteiger partial charge in [-0.3, -0.25) is 4.79 Å². The average molecular weight is 249 g/mol. The van der Waals surface area contributed by atoms with Crippen LogP contribution in [0.4, 0.5) is 0 Å². The summed E-state index contributed by atoms with van der Waals surface area (Å²) in [6, 6.07) is -0.488. The summed E-state index contributed by atoms with van der Waals surface area (Å²) in [7, 11) is 0. The van der Waals surface area contributed by atoms with Gasteiger partial charge < -0.3 is 15.2 Å². The lowest BCUT2D eigenvalue weighted by atomic mass is 10.2. The minimum Gasteiger partial charge on any atom is -0.465 e. The van der Waals surface area contributed by atoms with Crippen LogP contribution >= 0.6 is 11.8 Å². The summed E-state index contributed by atoms with van der Waals surface area (Å²) in [5, 5.41) is 0. The summed E-state index contributed by atoms with van der Waals surface area (Å²) >= 11 is 1.75. The molecular weight excluding hydrogens is 226 g/mol. The Labute approximate surface area is 102 Å². The zero-order valence-electron chi connectivity index (χ0n) is 10.4. The zero-order chi connectivity index (χ0) is 12.4. The monoisotopic (exact) mass is 249 g/mol. The topological polar surface area (TPSA) is 61.5 Å². The van der Waals surface area contributed by atoms with E-state index in [1.54, 1.807) is 18.7 Å². The van der Waals surface area contributed by atoms with Gasteiger partial charge in [0.05, 0.1) is 19.3 Å². The van der Waals surface area contributed by atoms with Gasteiger partial charge in [-0.1, -0.05) is 0 Å². The molecule has 0 rings (SSSR count). The molecule has 5 heteroatoms. The largest absolute Gasteiger partial charge is 0.465 e. The first-order valence-corrected chi connectivity index (χ1v) is 6.85. The Bertz CT molecular complexity index is 188. The molecule has 0 saturated heterocycles. The van der Waals surface area contributed by atoms with Gasteiger partial charge in [-0.05, 0) is 32.9 Å². The fraction of sp³-hybridized carbons (Fsp3) is 0.909. The van der Waals surface area contributed by atoms with Gasteiger partial charge >= 0.3 is 5.97 Å². The molecule has 4 nitrogen and oxygen atoms in total. The van der Waals surface area contributed by atoms with Crippen LogP contribution in [-0.2, 0) is 14.3 Å². The van der Waals surface area contributed by atoms with Crippen LogP contribution in [-0.4, -0.2) is 42.8 Å². The molecule has 0 heterocycles. The molecule has 1 unspecified atom stereocenters. The maximum Gasteiger partial charge on any atom is 0.322 e. The number of nitrogens with two attached hydrogens (primary N) is 1. The van der Waals surface area contributed by atoms with Crippen LogP contribution in [0.15, 0.2) is 0 Å². The molecule has 0 radical (unpaired) electrons. The molecule has 0 bridgehead atoms. The van der Waals surface area contributed by atoms with Gasteiger partial charge in [0.2, 0.25) is 0 Å². The van der Waals surface area contributed by atoms with Crippen molar-refractivity contribution >= 4 is 17.7 Å². The predicted octanol–water partition coefficient (Wildman–Crippen LogP) is 1.43. The van der Waals surface area contributed by atoms with E-state index in [1.807, 2.05) is 13.8 Å². The normalized spacial score (nSPS) is 12.8. The summed E-state index contributed by atoms with van der Waals surface area (Å²) in [4.78, 5) is 11.2. The van der Waals surface area contributed by atoms with Crippen LogP contribution in [0.5, 0.6) is 0 Å². The average Bonchev–Trinajstić information content (AvgIpc) is 2.22. The summed E-state index contributed by atoms with van der Waals surface area (Å²) in [5.41, 5.74) is 5.65. The van der Waals surface area contributed by atoms with Gasteiger partial charge in [-0.25, -0.2) is 0 Å². The molecule has 0 aromatic rings. The number of thioether (sulfide) groups is 1. The second-order valence-electron chi connectivity index (χ2n) is 3.68. The van der Waals surface area contributed by atoms with Crippen molar-refractivity contribution in [2.24, 2.45) is 5.73 Å². The van der Waals surface area contributed by atoms with Crippen molar-refractivity contribution in [3.05, 3.63) is 0 Å². The van der Waals surface area contributed by atoms with Crippen LogP contribution in [0, 0.1) is 0 Å². The second kappa shape index (κ2) is 9.93. The van der Waals surface area contributed by atoms with Gasteiger partial charge in [0.15, 0.2) is 0 Å². The van der Waals surface area contributed by atoms with E-state index in [1.165, 1.54) is 0 Å². The highest BCUT2D eigenvalue weighted by molar-refractivity contribution is 7.99. The molecule has 1 atom stereocenters. The third-order valence-electron chi connectivity index (χ3n) is 1.84. The molecule has 0 amide bonds. The van der Waals surface area contributed by atoms with Gasteiger partial charge in [-0.15, -0.1) is 0 Å². The van der Waals surface area contributed by atoms with Crippen LogP contribution in [0.2, 0.25) is 0 Å².